The smallest absolute Gasteiger partial charge is 0.329 e. The maximum atomic E-state index is 9.71. The van der Waals surface area contributed by atoms with Gasteiger partial charge in [-0.2, -0.15) is 12.7 Å². The second-order valence-electron chi connectivity index (χ2n) is 2.14. The molecule has 0 unspecified atom stereocenters. The average molecular weight is 303 g/mol. The Bertz CT molecular complexity index is 356. The summed E-state index contributed by atoms with van der Waals surface area (Å²) in [5.74, 6) is -0.354. The summed E-state index contributed by atoms with van der Waals surface area (Å²) in [4.78, 5) is 31.0. The van der Waals surface area contributed by atoms with Gasteiger partial charge < -0.3 is 25.3 Å². The topological polar surface area (TPSA) is 205 Å². The standard InChI is InChI=1S/C2H7NO3S.H4O7P2/c3-1-2-7(4,5)6;1-8(2,3)7-9(4,5)6/h1-3H2,(H,4,5,6);(H2,1,2,3)(H2,4,5,6). The van der Waals surface area contributed by atoms with E-state index in [0.717, 1.165) is 0 Å². The minimum absolute atomic E-state index is 0.0289. The Morgan fingerprint density at radius 2 is 1.38 bits per heavy atom. The van der Waals surface area contributed by atoms with E-state index in [2.05, 4.69) is 4.31 Å². The molecule has 0 aromatic carbocycles. The van der Waals surface area contributed by atoms with Crippen LogP contribution in [0.5, 0.6) is 0 Å². The number of nitrogens with two attached hydrogens (primary N) is 1. The Morgan fingerprint density at radius 3 is 1.38 bits per heavy atom. The van der Waals surface area contributed by atoms with Crippen LogP contribution in [0.15, 0.2) is 0 Å². The molecule has 0 amide bonds. The summed E-state index contributed by atoms with van der Waals surface area (Å²) < 4.78 is 49.5. The van der Waals surface area contributed by atoms with E-state index in [4.69, 9.17) is 29.9 Å². The largest absolute Gasteiger partial charge is 0.478 e. The van der Waals surface area contributed by atoms with Gasteiger partial charge in [0.2, 0.25) is 0 Å². The van der Waals surface area contributed by atoms with Crippen LogP contribution in [0.1, 0.15) is 0 Å². The Balaban J connectivity index is 0. The molecule has 0 heterocycles. The van der Waals surface area contributed by atoms with Gasteiger partial charge in [0.1, 0.15) is 0 Å². The molecule has 100 valence electrons. The van der Waals surface area contributed by atoms with Crippen molar-refractivity contribution in [2.24, 2.45) is 5.73 Å². The molecule has 0 fully saturated rings. The maximum Gasteiger partial charge on any atom is 0.478 e. The van der Waals surface area contributed by atoms with Gasteiger partial charge in [-0.25, -0.2) is 9.13 Å². The highest BCUT2D eigenvalue weighted by atomic mass is 32.2. The highest BCUT2D eigenvalue weighted by molar-refractivity contribution is 7.85. The van der Waals surface area contributed by atoms with Crippen molar-refractivity contribution in [3.05, 3.63) is 0 Å². The molecule has 0 aliphatic heterocycles. The van der Waals surface area contributed by atoms with E-state index in [-0.39, 0.29) is 12.3 Å². The minimum Gasteiger partial charge on any atom is -0.329 e. The van der Waals surface area contributed by atoms with Crippen LogP contribution in [0.4, 0.5) is 0 Å². The summed E-state index contributed by atoms with van der Waals surface area (Å²) in [5, 5.41) is 0. The molecule has 0 aliphatic rings. The van der Waals surface area contributed by atoms with Crippen molar-refractivity contribution in [3.63, 3.8) is 0 Å². The molecule has 16 heavy (non-hydrogen) atoms. The number of rotatable bonds is 4. The van der Waals surface area contributed by atoms with E-state index in [9.17, 15) is 17.5 Å². The van der Waals surface area contributed by atoms with Crippen LogP contribution in [0.25, 0.3) is 0 Å². The Hall–Kier alpha value is 0.130. The summed E-state index contributed by atoms with van der Waals surface area (Å²) in [5.41, 5.74) is 4.78. The third-order valence-electron chi connectivity index (χ3n) is 0.589. The van der Waals surface area contributed by atoms with Crippen LogP contribution < -0.4 is 5.73 Å². The number of hydrogen-bond acceptors (Lipinski definition) is 6. The second kappa shape index (κ2) is 6.77. The Kier molecular flexibility index (Phi) is 7.82. The predicted octanol–water partition coefficient (Wildman–Crippen LogP) is -1.98. The molecular weight excluding hydrogens is 292 g/mol. The van der Waals surface area contributed by atoms with E-state index >= 15 is 0 Å². The molecule has 0 aromatic heterocycles. The summed E-state index contributed by atoms with van der Waals surface area (Å²) in [6, 6.07) is 0. The minimum atomic E-state index is -5.05. The van der Waals surface area contributed by atoms with Crippen molar-refractivity contribution in [3.8, 4) is 0 Å². The lowest BCUT2D eigenvalue weighted by Gasteiger charge is -2.03. The van der Waals surface area contributed by atoms with E-state index in [1.165, 1.54) is 0 Å². The molecule has 7 N–H and O–H groups in total. The van der Waals surface area contributed by atoms with Gasteiger partial charge in [-0.3, -0.25) is 4.55 Å². The summed E-state index contributed by atoms with van der Waals surface area (Å²) in [7, 11) is -13.9. The fourth-order valence-electron chi connectivity index (χ4n) is 0.287. The van der Waals surface area contributed by atoms with E-state index in [1.54, 1.807) is 0 Å². The quantitative estimate of drug-likeness (QED) is 0.248. The van der Waals surface area contributed by atoms with Crippen LogP contribution in [0.2, 0.25) is 0 Å². The predicted molar refractivity (Wildman–Crippen MR) is 50.6 cm³/mol. The lowest BCUT2D eigenvalue weighted by molar-refractivity contribution is 0.225. The lowest BCUT2D eigenvalue weighted by Crippen LogP contribution is -2.13. The summed E-state index contributed by atoms with van der Waals surface area (Å²) >= 11 is 0. The van der Waals surface area contributed by atoms with Crippen molar-refractivity contribution in [1.82, 2.24) is 0 Å². The zero-order valence-electron chi connectivity index (χ0n) is 7.57. The van der Waals surface area contributed by atoms with Crippen LogP contribution in [-0.4, -0.2) is 44.8 Å². The Morgan fingerprint density at radius 1 is 1.06 bits per heavy atom. The van der Waals surface area contributed by atoms with Crippen molar-refractivity contribution in [1.29, 1.82) is 0 Å². The second-order valence-corrected chi connectivity index (χ2v) is 6.33. The van der Waals surface area contributed by atoms with Gasteiger partial charge in [0, 0.05) is 6.54 Å². The zero-order valence-corrected chi connectivity index (χ0v) is 10.2. The van der Waals surface area contributed by atoms with Gasteiger partial charge in [-0.05, 0) is 0 Å². The maximum absolute atomic E-state index is 9.71. The fourth-order valence-corrected chi connectivity index (χ4v) is 1.69. The van der Waals surface area contributed by atoms with Crippen molar-refractivity contribution in [2.45, 2.75) is 0 Å². The lowest BCUT2D eigenvalue weighted by atomic mass is 10.8. The van der Waals surface area contributed by atoms with Crippen LogP contribution >= 0.6 is 15.6 Å². The summed E-state index contributed by atoms with van der Waals surface area (Å²) in [6.45, 7) is -0.0289. The molecule has 0 saturated heterocycles. The monoisotopic (exact) mass is 303 g/mol. The number of phosphoric acid groups is 2. The normalized spacial score (nSPS) is 12.9. The van der Waals surface area contributed by atoms with Crippen molar-refractivity contribution >= 4 is 25.8 Å². The van der Waals surface area contributed by atoms with Gasteiger partial charge in [-0.1, -0.05) is 0 Å². The highest BCUT2D eigenvalue weighted by Crippen LogP contribution is 2.53. The first kappa shape index (κ1) is 18.5. The molecule has 0 bridgehead atoms. The summed E-state index contributed by atoms with van der Waals surface area (Å²) in [6.07, 6.45) is 0. The van der Waals surface area contributed by atoms with E-state index in [1.807, 2.05) is 0 Å². The molecule has 0 aliphatic carbocycles. The first-order valence-electron chi connectivity index (χ1n) is 3.24. The van der Waals surface area contributed by atoms with E-state index in [0.29, 0.717) is 0 Å². The van der Waals surface area contributed by atoms with Crippen molar-refractivity contribution in [2.75, 3.05) is 12.3 Å². The number of hydrogen-bond donors (Lipinski definition) is 6. The molecule has 0 spiro atoms. The van der Waals surface area contributed by atoms with Gasteiger partial charge in [-0.15, -0.1) is 0 Å². The first-order valence-corrected chi connectivity index (χ1v) is 7.91. The van der Waals surface area contributed by atoms with Gasteiger partial charge >= 0.3 is 15.6 Å². The zero-order chi connectivity index (χ0) is 13.6. The van der Waals surface area contributed by atoms with Crippen LogP contribution in [0, 0.1) is 0 Å². The third-order valence-corrected chi connectivity index (χ3v) is 3.04. The molecule has 0 saturated carbocycles. The van der Waals surface area contributed by atoms with E-state index < -0.39 is 25.8 Å². The molecule has 0 rings (SSSR count). The molecule has 0 radical (unpaired) electrons. The average Bonchev–Trinajstić information content (AvgIpc) is 1.73. The molecule has 0 atom stereocenters. The van der Waals surface area contributed by atoms with Crippen LogP contribution in [-0.2, 0) is 23.6 Å². The molecule has 11 nitrogen and oxygen atoms in total. The first-order chi connectivity index (χ1) is 6.77. The van der Waals surface area contributed by atoms with Gasteiger partial charge in [0.25, 0.3) is 10.1 Å². The highest BCUT2D eigenvalue weighted by Gasteiger charge is 2.27. The molecule has 0 aromatic rings. The van der Waals surface area contributed by atoms with Crippen LogP contribution in [0.3, 0.4) is 0 Å². The molecular formula is C2H11NO10P2S. The SMILES string of the molecule is NCCS(=O)(=O)O.O=P(O)(O)OP(=O)(O)O. The van der Waals surface area contributed by atoms with Gasteiger partial charge in [0.05, 0.1) is 5.75 Å². The molecule has 14 heteroatoms. The fraction of sp³-hybridized carbons (Fsp3) is 1.00. The van der Waals surface area contributed by atoms with Gasteiger partial charge in [0.15, 0.2) is 0 Å². The Labute approximate surface area is 90.5 Å². The third kappa shape index (κ3) is 23.7. The van der Waals surface area contributed by atoms with Crippen molar-refractivity contribution < 1.29 is 46.0 Å².